The number of anilines is 1. The summed E-state index contributed by atoms with van der Waals surface area (Å²) in [5.41, 5.74) is 5.50. The second kappa shape index (κ2) is 17.1. The van der Waals surface area contributed by atoms with Crippen LogP contribution in [-0.4, -0.2) is 92.5 Å². The van der Waals surface area contributed by atoms with Gasteiger partial charge in [0.05, 0.1) is 6.54 Å². The van der Waals surface area contributed by atoms with Gasteiger partial charge in [-0.1, -0.05) is 52.0 Å². The third kappa shape index (κ3) is 11.3. The molecular formula is C40H54BrIN4O4S. The van der Waals surface area contributed by atoms with Crippen LogP contribution in [0.2, 0.25) is 0 Å². The van der Waals surface area contributed by atoms with Crippen LogP contribution < -0.4 is 4.90 Å². The number of hydrogen-bond donors (Lipinski definition) is 0. The largest absolute Gasteiger partial charge is 0.444 e. The van der Waals surface area contributed by atoms with Crippen molar-refractivity contribution in [3.05, 3.63) is 91.0 Å². The average Bonchev–Trinajstić information content (AvgIpc) is 3.34. The van der Waals surface area contributed by atoms with Gasteiger partial charge in [-0.3, -0.25) is 4.90 Å². The Morgan fingerprint density at radius 1 is 0.765 bits per heavy atom. The highest BCUT2D eigenvalue weighted by Gasteiger charge is 2.43. The molecule has 2 heterocycles. The van der Waals surface area contributed by atoms with Gasteiger partial charge < -0.3 is 24.2 Å². The van der Waals surface area contributed by atoms with Crippen LogP contribution in [0.1, 0.15) is 63.8 Å². The SMILES string of the molecule is CN(C)C1(Sc2ccc(Br)cc2)CN(C(=O)OC(C)(C)C)CCc2ccccc21.CN(C)c1cc2c(cc1I)CCN(C(=O)OC(C)(C)C)CC2. The number of carbonyl (C=O) groups excluding carboxylic acids is 2. The number of halogens is 2. The number of nitrogens with zero attached hydrogens (tertiary/aromatic N) is 4. The molecule has 0 fully saturated rings. The molecule has 2 amide bonds. The summed E-state index contributed by atoms with van der Waals surface area (Å²) in [6.07, 6.45) is 2.12. The predicted octanol–water partition coefficient (Wildman–Crippen LogP) is 9.44. The van der Waals surface area contributed by atoms with E-state index in [1.807, 2.05) is 51.3 Å². The number of rotatable bonds is 4. The molecule has 0 spiro atoms. The Kier molecular flexibility index (Phi) is 13.9. The van der Waals surface area contributed by atoms with Crippen molar-refractivity contribution in [2.45, 2.75) is 81.8 Å². The number of likely N-dealkylation sites (N-methyl/N-ethyl adjacent to an activating group) is 1. The topological polar surface area (TPSA) is 65.6 Å². The summed E-state index contributed by atoms with van der Waals surface area (Å²) < 4.78 is 13.5. The second-order valence-electron chi connectivity index (χ2n) is 15.5. The molecule has 11 heteroatoms. The molecule has 1 atom stereocenters. The summed E-state index contributed by atoms with van der Waals surface area (Å²) in [5, 5.41) is 0. The highest BCUT2D eigenvalue weighted by Crippen LogP contribution is 2.46. The molecule has 0 saturated heterocycles. The Bertz CT molecular complexity index is 1670. The lowest BCUT2D eigenvalue weighted by Crippen LogP contribution is -2.49. The first-order chi connectivity index (χ1) is 23.8. The maximum absolute atomic E-state index is 13.0. The number of amides is 2. The maximum Gasteiger partial charge on any atom is 0.410 e. The molecule has 2 aliphatic heterocycles. The van der Waals surface area contributed by atoms with Crippen molar-refractivity contribution in [3.8, 4) is 0 Å². The van der Waals surface area contributed by atoms with Crippen LogP contribution in [0, 0.1) is 3.57 Å². The van der Waals surface area contributed by atoms with E-state index in [1.165, 1.54) is 31.5 Å². The Hall–Kier alpha value is -2.48. The second-order valence-corrected chi connectivity index (χ2v) is 18.9. The van der Waals surface area contributed by atoms with E-state index in [4.69, 9.17) is 9.47 Å². The zero-order chi connectivity index (χ0) is 37.7. The Labute approximate surface area is 331 Å². The van der Waals surface area contributed by atoms with E-state index in [9.17, 15) is 9.59 Å². The van der Waals surface area contributed by atoms with Gasteiger partial charge in [0.1, 0.15) is 16.1 Å². The molecule has 0 saturated carbocycles. The molecule has 8 nitrogen and oxygen atoms in total. The van der Waals surface area contributed by atoms with Crippen LogP contribution in [-0.2, 0) is 33.6 Å². The van der Waals surface area contributed by atoms with Gasteiger partial charge in [-0.2, -0.15) is 0 Å². The lowest BCUT2D eigenvalue weighted by Gasteiger charge is -2.42. The van der Waals surface area contributed by atoms with Crippen LogP contribution in [0.4, 0.5) is 15.3 Å². The first-order valence-corrected chi connectivity index (χ1v) is 20.1. The van der Waals surface area contributed by atoms with E-state index in [2.05, 4.69) is 137 Å². The van der Waals surface area contributed by atoms with Crippen LogP contribution in [0.15, 0.2) is 70.0 Å². The predicted molar refractivity (Wildman–Crippen MR) is 222 cm³/mol. The van der Waals surface area contributed by atoms with Gasteiger partial charge in [0.2, 0.25) is 0 Å². The minimum Gasteiger partial charge on any atom is -0.444 e. The van der Waals surface area contributed by atoms with E-state index in [-0.39, 0.29) is 12.2 Å². The number of ether oxygens (including phenoxy) is 2. The summed E-state index contributed by atoms with van der Waals surface area (Å²) >= 11 is 7.68. The highest BCUT2D eigenvalue weighted by atomic mass is 127. The fourth-order valence-electron chi connectivity index (χ4n) is 6.12. The Morgan fingerprint density at radius 2 is 1.27 bits per heavy atom. The molecule has 278 valence electrons. The van der Waals surface area contributed by atoms with Crippen molar-refractivity contribution in [1.82, 2.24) is 14.7 Å². The number of fused-ring (bicyclic) bond motifs is 2. The van der Waals surface area contributed by atoms with Crippen LogP contribution in [0.3, 0.4) is 0 Å². The van der Waals surface area contributed by atoms with Crippen LogP contribution in [0.5, 0.6) is 0 Å². The van der Waals surface area contributed by atoms with E-state index in [0.717, 1.165) is 41.7 Å². The Morgan fingerprint density at radius 3 is 1.82 bits per heavy atom. The zero-order valence-electron chi connectivity index (χ0n) is 31.8. The zero-order valence-corrected chi connectivity index (χ0v) is 36.4. The van der Waals surface area contributed by atoms with E-state index >= 15 is 0 Å². The van der Waals surface area contributed by atoms with Crippen molar-refractivity contribution in [1.29, 1.82) is 0 Å². The molecule has 0 aromatic heterocycles. The number of thioether (sulfide) groups is 1. The monoisotopic (exact) mass is 892 g/mol. The third-order valence-electron chi connectivity index (χ3n) is 8.67. The van der Waals surface area contributed by atoms with Gasteiger partial charge in [0.15, 0.2) is 0 Å². The summed E-state index contributed by atoms with van der Waals surface area (Å²) in [5.74, 6) is 0. The lowest BCUT2D eigenvalue weighted by molar-refractivity contribution is 0.0196. The first kappa shape index (κ1) is 41.3. The summed E-state index contributed by atoms with van der Waals surface area (Å²) in [7, 11) is 8.30. The number of carbonyl (C=O) groups is 2. The molecule has 0 N–H and O–H groups in total. The minimum absolute atomic E-state index is 0.206. The van der Waals surface area contributed by atoms with Gasteiger partial charge in [-0.25, -0.2) is 9.59 Å². The normalized spacial score (nSPS) is 17.7. The lowest BCUT2D eigenvalue weighted by atomic mass is 9.98. The van der Waals surface area contributed by atoms with Gasteiger partial charge in [-0.05, 0) is 156 Å². The molecule has 0 aliphatic carbocycles. The van der Waals surface area contributed by atoms with Crippen LogP contribution >= 0.6 is 50.3 Å². The van der Waals surface area contributed by atoms with Crippen molar-refractivity contribution < 1.29 is 19.1 Å². The third-order valence-corrected chi connectivity index (χ3v) is 11.6. The average molecular weight is 894 g/mol. The molecule has 2 aliphatic rings. The summed E-state index contributed by atoms with van der Waals surface area (Å²) in [4.78, 5) is 34.0. The fraction of sp³-hybridized carbons (Fsp3) is 0.500. The van der Waals surface area contributed by atoms with Gasteiger partial charge in [0.25, 0.3) is 0 Å². The van der Waals surface area contributed by atoms with E-state index in [0.29, 0.717) is 13.1 Å². The molecule has 3 aromatic carbocycles. The molecule has 1 unspecified atom stereocenters. The quantitative estimate of drug-likeness (QED) is 0.191. The van der Waals surface area contributed by atoms with E-state index < -0.39 is 16.1 Å². The van der Waals surface area contributed by atoms with Crippen molar-refractivity contribution >= 4 is 68.2 Å². The van der Waals surface area contributed by atoms with Gasteiger partial charge in [0, 0.05) is 52.4 Å². The van der Waals surface area contributed by atoms with Crippen molar-refractivity contribution in [2.24, 2.45) is 0 Å². The fourth-order valence-corrected chi connectivity index (χ4v) is 8.78. The molecule has 5 rings (SSSR count). The number of benzene rings is 3. The van der Waals surface area contributed by atoms with E-state index in [1.54, 1.807) is 11.8 Å². The molecule has 3 aromatic rings. The van der Waals surface area contributed by atoms with Crippen molar-refractivity contribution in [2.75, 3.05) is 59.3 Å². The standard InChI is InChI=1S/C23H29BrN2O2S.C17H25IN2O2/c1-22(2,3)28-21(27)26-15-14-17-8-6-7-9-20(17)23(16-26,25(4)5)29-19-12-10-18(24)11-13-19;1-17(2,3)22-16(21)20-8-6-12-10-14(18)15(19(4)5)11-13(12)7-9-20/h6-13H,14-16H2,1-5H3;10-11H,6-9H2,1-5H3. The summed E-state index contributed by atoms with van der Waals surface area (Å²) in [6, 6.07) is 21.4. The highest BCUT2D eigenvalue weighted by molar-refractivity contribution is 14.1. The molecular weight excluding hydrogens is 839 g/mol. The Balaban J connectivity index is 0.000000238. The minimum atomic E-state index is -0.518. The maximum atomic E-state index is 13.0. The molecule has 51 heavy (non-hydrogen) atoms. The van der Waals surface area contributed by atoms with Gasteiger partial charge in [-0.15, -0.1) is 0 Å². The molecule has 0 bridgehead atoms. The molecule has 0 radical (unpaired) electrons. The van der Waals surface area contributed by atoms with Gasteiger partial charge >= 0.3 is 12.2 Å². The van der Waals surface area contributed by atoms with Crippen molar-refractivity contribution in [3.63, 3.8) is 0 Å². The number of hydrogen-bond acceptors (Lipinski definition) is 7. The van der Waals surface area contributed by atoms with Crippen LogP contribution in [0.25, 0.3) is 0 Å². The smallest absolute Gasteiger partial charge is 0.410 e. The summed E-state index contributed by atoms with van der Waals surface area (Å²) in [6.45, 7) is 14.1. The first-order valence-electron chi connectivity index (χ1n) is 17.4.